The highest BCUT2D eigenvalue weighted by Gasteiger charge is 2.22. The Labute approximate surface area is 186 Å². The number of ether oxygens (including phenoxy) is 1. The molecular weight excluding hydrogens is 426 g/mol. The molecule has 0 unspecified atom stereocenters. The van der Waals surface area contributed by atoms with E-state index < -0.39 is 10.0 Å². The molecule has 0 fully saturated rings. The third-order valence-electron chi connectivity index (χ3n) is 5.62. The van der Waals surface area contributed by atoms with E-state index in [0.29, 0.717) is 17.1 Å². The Balaban J connectivity index is 1.48. The van der Waals surface area contributed by atoms with E-state index in [4.69, 9.17) is 4.74 Å². The quantitative estimate of drug-likeness (QED) is 0.482. The molecule has 1 aliphatic rings. The van der Waals surface area contributed by atoms with Gasteiger partial charge in [0.2, 0.25) is 0 Å². The van der Waals surface area contributed by atoms with Gasteiger partial charge in [-0.15, -0.1) is 0 Å². The summed E-state index contributed by atoms with van der Waals surface area (Å²) >= 11 is 0. The molecule has 164 valence electrons. The fourth-order valence-corrected chi connectivity index (χ4v) is 5.03. The molecular formula is C23H23N5O3S. The van der Waals surface area contributed by atoms with Gasteiger partial charge in [0, 0.05) is 24.0 Å². The van der Waals surface area contributed by atoms with Gasteiger partial charge >= 0.3 is 0 Å². The number of sulfonamides is 1. The van der Waals surface area contributed by atoms with Crippen LogP contribution < -0.4 is 9.46 Å². The number of rotatable bonds is 6. The van der Waals surface area contributed by atoms with Crippen molar-refractivity contribution in [1.82, 2.24) is 19.3 Å². The van der Waals surface area contributed by atoms with Crippen LogP contribution in [0.25, 0.3) is 17.1 Å². The zero-order valence-electron chi connectivity index (χ0n) is 17.6. The summed E-state index contributed by atoms with van der Waals surface area (Å²) in [6, 6.07) is 14.6. The summed E-state index contributed by atoms with van der Waals surface area (Å²) in [6.45, 7) is 0.886. The second-order valence-electron chi connectivity index (χ2n) is 7.63. The Morgan fingerprint density at radius 1 is 1.03 bits per heavy atom. The standard InChI is InChI=1S/C23H23N5O3S/c1-31-22-12-5-4-11-21(22)28-16-18(15-25-28)32(29,30)26-20-10-3-2-9-19(20)23-24-14-17-8-6-7-13-27(17)23/h2-5,9-12,14-16,26H,6-8,13H2,1H3. The number of nitrogens with one attached hydrogen (secondary N) is 1. The molecule has 1 N–H and O–H groups in total. The first-order valence-electron chi connectivity index (χ1n) is 10.4. The molecule has 9 heteroatoms. The van der Waals surface area contributed by atoms with Gasteiger partial charge in [-0.05, 0) is 43.5 Å². The van der Waals surface area contributed by atoms with Crippen molar-refractivity contribution in [2.24, 2.45) is 0 Å². The molecule has 0 atom stereocenters. The zero-order chi connectivity index (χ0) is 22.1. The molecule has 0 radical (unpaired) electrons. The molecule has 8 nitrogen and oxygen atoms in total. The monoisotopic (exact) mass is 449 g/mol. The number of aryl methyl sites for hydroxylation is 1. The largest absolute Gasteiger partial charge is 0.494 e. The van der Waals surface area contributed by atoms with Gasteiger partial charge in [0.15, 0.2) is 0 Å². The molecule has 3 heterocycles. The van der Waals surface area contributed by atoms with Gasteiger partial charge in [0.1, 0.15) is 22.2 Å². The van der Waals surface area contributed by atoms with Crippen molar-refractivity contribution in [3.8, 4) is 22.8 Å². The number of aromatic nitrogens is 4. The Morgan fingerprint density at radius 2 is 1.84 bits per heavy atom. The molecule has 0 spiro atoms. The van der Waals surface area contributed by atoms with Crippen LogP contribution in [0, 0.1) is 0 Å². The molecule has 0 bridgehead atoms. The van der Waals surface area contributed by atoms with Crippen LogP contribution in [-0.4, -0.2) is 34.9 Å². The SMILES string of the molecule is COc1ccccc1-n1cc(S(=O)(=O)Nc2ccccc2-c2ncc3n2CCCC3)cn1. The van der Waals surface area contributed by atoms with E-state index in [1.807, 2.05) is 36.5 Å². The van der Waals surface area contributed by atoms with Crippen LogP contribution in [0.4, 0.5) is 5.69 Å². The van der Waals surface area contributed by atoms with Gasteiger partial charge in [0.25, 0.3) is 10.0 Å². The van der Waals surface area contributed by atoms with E-state index in [1.54, 1.807) is 25.3 Å². The summed E-state index contributed by atoms with van der Waals surface area (Å²) in [5.41, 5.74) is 3.07. The molecule has 0 aliphatic carbocycles. The van der Waals surface area contributed by atoms with Gasteiger partial charge in [-0.1, -0.05) is 24.3 Å². The predicted octanol–water partition coefficient (Wildman–Crippen LogP) is 3.88. The van der Waals surface area contributed by atoms with E-state index in [1.165, 1.54) is 22.8 Å². The van der Waals surface area contributed by atoms with E-state index in [0.717, 1.165) is 37.2 Å². The lowest BCUT2D eigenvalue weighted by Crippen LogP contribution is -2.15. The number of hydrogen-bond acceptors (Lipinski definition) is 5. The van der Waals surface area contributed by atoms with Crippen molar-refractivity contribution in [1.29, 1.82) is 0 Å². The molecule has 32 heavy (non-hydrogen) atoms. The first-order valence-corrected chi connectivity index (χ1v) is 11.9. The Kier molecular flexibility index (Phi) is 5.18. The number of methoxy groups -OCH3 is 1. The highest BCUT2D eigenvalue weighted by molar-refractivity contribution is 7.92. The molecule has 0 saturated carbocycles. The smallest absolute Gasteiger partial charge is 0.265 e. The average molecular weight is 450 g/mol. The normalized spacial score (nSPS) is 13.5. The third kappa shape index (κ3) is 3.64. The van der Waals surface area contributed by atoms with Crippen LogP contribution in [0.15, 0.2) is 72.0 Å². The van der Waals surface area contributed by atoms with E-state index in [9.17, 15) is 8.42 Å². The molecule has 2 aromatic heterocycles. The number of fused-ring (bicyclic) bond motifs is 1. The second kappa shape index (κ2) is 8.16. The fourth-order valence-electron chi connectivity index (χ4n) is 4.02. The summed E-state index contributed by atoms with van der Waals surface area (Å²) in [7, 11) is -2.30. The molecule has 4 aromatic rings. The van der Waals surface area contributed by atoms with Gasteiger partial charge in [-0.3, -0.25) is 4.72 Å². The Bertz CT molecular complexity index is 1370. The first-order chi connectivity index (χ1) is 15.6. The number of hydrogen-bond donors (Lipinski definition) is 1. The minimum absolute atomic E-state index is 0.0587. The third-order valence-corrected chi connectivity index (χ3v) is 6.94. The van der Waals surface area contributed by atoms with Crippen LogP contribution in [-0.2, 0) is 23.0 Å². The van der Waals surface area contributed by atoms with Crippen molar-refractivity contribution in [3.05, 3.63) is 72.8 Å². The van der Waals surface area contributed by atoms with Crippen LogP contribution in [0.2, 0.25) is 0 Å². The average Bonchev–Trinajstić information content (AvgIpc) is 3.47. The zero-order valence-corrected chi connectivity index (χ0v) is 18.4. The Morgan fingerprint density at radius 3 is 2.72 bits per heavy atom. The lowest BCUT2D eigenvalue weighted by molar-refractivity contribution is 0.411. The first kappa shape index (κ1) is 20.3. The van der Waals surface area contributed by atoms with Gasteiger partial charge in [-0.2, -0.15) is 5.10 Å². The maximum absolute atomic E-state index is 13.2. The van der Waals surface area contributed by atoms with Gasteiger partial charge < -0.3 is 9.30 Å². The number of nitrogens with zero attached hydrogens (tertiary/aromatic N) is 4. The lowest BCUT2D eigenvalue weighted by atomic mass is 10.1. The maximum atomic E-state index is 13.2. The van der Waals surface area contributed by atoms with Crippen LogP contribution >= 0.6 is 0 Å². The van der Waals surface area contributed by atoms with Crippen molar-refractivity contribution in [2.75, 3.05) is 11.8 Å². The number of benzene rings is 2. The summed E-state index contributed by atoms with van der Waals surface area (Å²) < 4.78 is 38.1. The highest BCUT2D eigenvalue weighted by Crippen LogP contribution is 2.31. The van der Waals surface area contributed by atoms with Crippen molar-refractivity contribution < 1.29 is 13.2 Å². The molecule has 2 aromatic carbocycles. The van der Waals surface area contributed by atoms with Crippen molar-refractivity contribution in [3.63, 3.8) is 0 Å². The van der Waals surface area contributed by atoms with Crippen molar-refractivity contribution in [2.45, 2.75) is 30.7 Å². The minimum Gasteiger partial charge on any atom is -0.494 e. The Hall–Kier alpha value is -3.59. The highest BCUT2D eigenvalue weighted by atomic mass is 32.2. The molecule has 0 saturated heterocycles. The number of anilines is 1. The van der Waals surface area contributed by atoms with Crippen molar-refractivity contribution >= 4 is 15.7 Å². The summed E-state index contributed by atoms with van der Waals surface area (Å²) in [5.74, 6) is 1.38. The van der Waals surface area contributed by atoms with Gasteiger partial charge in [0.05, 0.1) is 25.2 Å². The topological polar surface area (TPSA) is 91.0 Å². The summed E-state index contributed by atoms with van der Waals surface area (Å²) in [6.07, 6.45) is 7.91. The molecule has 0 amide bonds. The van der Waals surface area contributed by atoms with E-state index in [2.05, 4.69) is 19.4 Å². The predicted molar refractivity (Wildman–Crippen MR) is 122 cm³/mol. The van der Waals surface area contributed by atoms with Crippen LogP contribution in [0.5, 0.6) is 5.75 Å². The maximum Gasteiger partial charge on any atom is 0.265 e. The number of imidazole rings is 1. The lowest BCUT2D eigenvalue weighted by Gasteiger charge is -2.18. The number of para-hydroxylation sites is 3. The van der Waals surface area contributed by atoms with E-state index >= 15 is 0 Å². The van der Waals surface area contributed by atoms with Crippen LogP contribution in [0.3, 0.4) is 0 Å². The summed E-state index contributed by atoms with van der Waals surface area (Å²) in [4.78, 5) is 4.65. The molecule has 5 rings (SSSR count). The van der Waals surface area contributed by atoms with Gasteiger partial charge in [-0.25, -0.2) is 18.1 Å². The van der Waals surface area contributed by atoms with E-state index in [-0.39, 0.29) is 4.90 Å². The molecule has 1 aliphatic heterocycles. The fraction of sp³-hybridized carbons (Fsp3) is 0.217. The van der Waals surface area contributed by atoms with Crippen LogP contribution in [0.1, 0.15) is 18.5 Å². The minimum atomic E-state index is -3.87. The summed E-state index contributed by atoms with van der Waals surface area (Å²) in [5, 5.41) is 4.23. The second-order valence-corrected chi connectivity index (χ2v) is 9.31.